The maximum atomic E-state index is 13.1. The number of aryl methyl sites for hydroxylation is 1. The van der Waals surface area contributed by atoms with Crippen LogP contribution in [-0.4, -0.2) is 11.7 Å². The minimum atomic E-state index is -0.211. The largest absolute Gasteiger partial charge is 0.354 e. The molecule has 2 aromatic carbocycles. The molecule has 0 spiro atoms. The van der Waals surface area contributed by atoms with Gasteiger partial charge < -0.3 is 9.42 Å². The Kier molecular flexibility index (Phi) is 4.34. The molecule has 0 fully saturated rings. The second-order valence-corrected chi connectivity index (χ2v) is 7.28. The highest BCUT2D eigenvalue weighted by Gasteiger charge is 2.26. The Bertz CT molecular complexity index is 905. The van der Waals surface area contributed by atoms with E-state index in [1.807, 2.05) is 18.2 Å². The van der Waals surface area contributed by atoms with Crippen molar-refractivity contribution in [1.29, 1.82) is 0 Å². The lowest BCUT2D eigenvalue weighted by Crippen LogP contribution is -2.28. The van der Waals surface area contributed by atoms with Gasteiger partial charge in [0.25, 0.3) is 0 Å². The van der Waals surface area contributed by atoms with Crippen LogP contribution in [0.3, 0.4) is 0 Å². The normalized spacial score (nSPS) is 13.8. The molecule has 0 radical (unpaired) electrons. The van der Waals surface area contributed by atoms with Gasteiger partial charge in [0.15, 0.2) is 11.6 Å². The lowest BCUT2D eigenvalue weighted by atomic mass is 9.99. The monoisotopic (exact) mass is 400 g/mol. The molecular weight excluding hydrogens is 383 g/mol. The Balaban J connectivity index is 1.65. The first-order chi connectivity index (χ1) is 12.1. The summed E-state index contributed by atoms with van der Waals surface area (Å²) in [6, 6.07) is 12.8. The van der Waals surface area contributed by atoms with Crippen LogP contribution in [0.4, 0.5) is 10.2 Å². The van der Waals surface area contributed by atoms with Crippen molar-refractivity contribution in [2.45, 2.75) is 26.3 Å². The molecule has 2 heterocycles. The van der Waals surface area contributed by atoms with Gasteiger partial charge >= 0.3 is 0 Å². The summed E-state index contributed by atoms with van der Waals surface area (Å²) in [6.45, 7) is 3.70. The number of fused-ring (bicyclic) bond motifs is 1. The van der Waals surface area contributed by atoms with Crippen LogP contribution in [0.15, 0.2) is 51.5 Å². The molecule has 128 valence electrons. The minimum Gasteiger partial charge on any atom is -0.354 e. The number of hydrogen-bond donors (Lipinski definition) is 0. The van der Waals surface area contributed by atoms with Gasteiger partial charge in [0.05, 0.1) is 0 Å². The van der Waals surface area contributed by atoms with Gasteiger partial charge in [0.1, 0.15) is 5.82 Å². The van der Waals surface area contributed by atoms with Crippen molar-refractivity contribution in [2.24, 2.45) is 0 Å². The van der Waals surface area contributed by atoms with Crippen molar-refractivity contribution in [3.63, 3.8) is 0 Å². The predicted octanol–water partition coefficient (Wildman–Crippen LogP) is 5.50. The van der Waals surface area contributed by atoms with Crippen molar-refractivity contribution in [3.05, 3.63) is 69.4 Å². The zero-order chi connectivity index (χ0) is 17.4. The Morgan fingerprint density at radius 1 is 1.20 bits per heavy atom. The number of aromatic nitrogens is 1. The molecule has 4 rings (SSSR count). The summed E-state index contributed by atoms with van der Waals surface area (Å²) in [5.41, 5.74) is 4.45. The number of anilines is 1. The first kappa shape index (κ1) is 16.3. The molecule has 0 aliphatic carbocycles. The van der Waals surface area contributed by atoms with Crippen LogP contribution >= 0.6 is 15.9 Å². The van der Waals surface area contributed by atoms with E-state index < -0.39 is 0 Å². The van der Waals surface area contributed by atoms with Crippen molar-refractivity contribution < 1.29 is 8.91 Å². The Hall–Kier alpha value is -2.14. The van der Waals surface area contributed by atoms with Gasteiger partial charge in [-0.05, 0) is 61.2 Å². The molecule has 0 saturated heterocycles. The van der Waals surface area contributed by atoms with Gasteiger partial charge in [-0.1, -0.05) is 33.2 Å². The molecule has 1 aromatic heterocycles. The lowest BCUT2D eigenvalue weighted by molar-refractivity contribution is 0.431. The molecule has 0 N–H and O–H groups in total. The smallest absolute Gasteiger partial charge is 0.176 e. The molecular formula is C20H18BrFN2O. The van der Waals surface area contributed by atoms with Crippen molar-refractivity contribution in [2.75, 3.05) is 11.4 Å². The summed E-state index contributed by atoms with van der Waals surface area (Å²) in [5.74, 6) is 1.55. The highest BCUT2D eigenvalue weighted by atomic mass is 79.9. The quantitative estimate of drug-likeness (QED) is 0.580. The summed E-state index contributed by atoms with van der Waals surface area (Å²) in [7, 11) is 0. The van der Waals surface area contributed by atoms with Gasteiger partial charge in [-0.25, -0.2) is 4.39 Å². The van der Waals surface area contributed by atoms with Gasteiger partial charge in [-0.2, -0.15) is 0 Å². The average Bonchev–Trinajstić information content (AvgIpc) is 3.04. The van der Waals surface area contributed by atoms with Crippen LogP contribution in [0.5, 0.6) is 0 Å². The van der Waals surface area contributed by atoms with Crippen LogP contribution in [0.1, 0.15) is 23.1 Å². The Labute approximate surface area is 154 Å². The zero-order valence-electron chi connectivity index (χ0n) is 13.9. The zero-order valence-corrected chi connectivity index (χ0v) is 15.5. The molecule has 0 bridgehead atoms. The molecule has 1 aliphatic heterocycles. The summed E-state index contributed by atoms with van der Waals surface area (Å²) in [6.07, 6.45) is 2.01. The predicted molar refractivity (Wildman–Crippen MR) is 100 cm³/mol. The molecule has 3 aromatic rings. The van der Waals surface area contributed by atoms with E-state index in [2.05, 4.69) is 45.0 Å². The standard InChI is InChI=1S/C20H18BrFN2O/c1-13-11-15(6-9-18(13)21)19-17-3-2-10-24(20(17)23-25-19)12-14-4-7-16(22)8-5-14/h4-9,11H,2-3,10,12H2,1H3. The third-order valence-electron chi connectivity index (χ3n) is 4.63. The molecule has 3 nitrogen and oxygen atoms in total. The third kappa shape index (κ3) is 3.21. The summed E-state index contributed by atoms with van der Waals surface area (Å²) >= 11 is 3.54. The SMILES string of the molecule is Cc1cc(-c2onc3c2CCCN3Cc2ccc(F)cc2)ccc1Br. The summed E-state index contributed by atoms with van der Waals surface area (Å²) < 4.78 is 19.9. The summed E-state index contributed by atoms with van der Waals surface area (Å²) in [5, 5.41) is 4.35. The van der Waals surface area contributed by atoms with Crippen LogP contribution in [-0.2, 0) is 13.0 Å². The van der Waals surface area contributed by atoms with Gasteiger partial charge in [0.2, 0.25) is 0 Å². The molecule has 5 heteroatoms. The number of rotatable bonds is 3. The van der Waals surface area contributed by atoms with Crippen LogP contribution in [0.25, 0.3) is 11.3 Å². The fraction of sp³-hybridized carbons (Fsp3) is 0.250. The van der Waals surface area contributed by atoms with Gasteiger partial charge in [-0.3, -0.25) is 0 Å². The molecule has 1 aliphatic rings. The maximum absolute atomic E-state index is 13.1. The van der Waals surface area contributed by atoms with E-state index in [0.29, 0.717) is 6.54 Å². The van der Waals surface area contributed by atoms with E-state index in [0.717, 1.165) is 52.1 Å². The third-order valence-corrected chi connectivity index (χ3v) is 5.52. The van der Waals surface area contributed by atoms with E-state index in [9.17, 15) is 4.39 Å². The fourth-order valence-corrected chi connectivity index (χ4v) is 3.55. The number of nitrogens with zero attached hydrogens (tertiary/aromatic N) is 2. The average molecular weight is 401 g/mol. The van der Waals surface area contributed by atoms with Crippen LogP contribution < -0.4 is 4.90 Å². The molecule has 0 unspecified atom stereocenters. The molecule has 0 saturated carbocycles. The van der Waals surface area contributed by atoms with E-state index in [-0.39, 0.29) is 5.82 Å². The highest BCUT2D eigenvalue weighted by Crippen LogP contribution is 2.36. The number of benzene rings is 2. The second kappa shape index (κ2) is 6.64. The second-order valence-electron chi connectivity index (χ2n) is 6.43. The van der Waals surface area contributed by atoms with E-state index in [1.165, 1.54) is 17.7 Å². The maximum Gasteiger partial charge on any atom is 0.176 e. The first-order valence-electron chi connectivity index (χ1n) is 8.36. The van der Waals surface area contributed by atoms with E-state index >= 15 is 0 Å². The van der Waals surface area contributed by atoms with Crippen LogP contribution in [0, 0.1) is 12.7 Å². The van der Waals surface area contributed by atoms with E-state index in [4.69, 9.17) is 4.52 Å². The first-order valence-corrected chi connectivity index (χ1v) is 9.15. The summed E-state index contributed by atoms with van der Waals surface area (Å²) in [4.78, 5) is 2.21. The lowest BCUT2D eigenvalue weighted by Gasteiger charge is -2.27. The van der Waals surface area contributed by atoms with Gasteiger partial charge in [0, 0.05) is 28.7 Å². The molecule has 25 heavy (non-hydrogen) atoms. The van der Waals surface area contributed by atoms with Crippen molar-refractivity contribution in [1.82, 2.24) is 5.16 Å². The molecule has 0 atom stereocenters. The van der Waals surface area contributed by atoms with Gasteiger partial charge in [-0.15, -0.1) is 0 Å². The fourth-order valence-electron chi connectivity index (χ4n) is 3.30. The number of hydrogen-bond acceptors (Lipinski definition) is 3. The van der Waals surface area contributed by atoms with E-state index in [1.54, 1.807) is 0 Å². The van der Waals surface area contributed by atoms with Crippen molar-refractivity contribution >= 4 is 21.7 Å². The highest BCUT2D eigenvalue weighted by molar-refractivity contribution is 9.10. The minimum absolute atomic E-state index is 0.211. The number of halogens is 2. The van der Waals surface area contributed by atoms with Crippen LogP contribution in [0.2, 0.25) is 0 Å². The van der Waals surface area contributed by atoms with Crippen molar-refractivity contribution in [3.8, 4) is 11.3 Å². The molecule has 0 amide bonds. The Morgan fingerprint density at radius 3 is 2.76 bits per heavy atom. The topological polar surface area (TPSA) is 29.3 Å². The Morgan fingerprint density at radius 2 is 2.00 bits per heavy atom.